The van der Waals surface area contributed by atoms with Gasteiger partial charge in [0.2, 0.25) is 6.17 Å². The van der Waals surface area contributed by atoms with Gasteiger partial charge >= 0.3 is 6.18 Å². The van der Waals surface area contributed by atoms with Gasteiger partial charge in [-0.2, -0.15) is 13.2 Å². The summed E-state index contributed by atoms with van der Waals surface area (Å²) in [4.78, 5) is 32.6. The largest absolute Gasteiger partial charge is 0.416 e. The molecule has 186 valence electrons. The summed E-state index contributed by atoms with van der Waals surface area (Å²) in [5, 5.41) is 13.0. The maximum Gasteiger partial charge on any atom is 0.416 e. The van der Waals surface area contributed by atoms with E-state index in [-0.39, 0.29) is 11.6 Å². The zero-order valence-corrected chi connectivity index (χ0v) is 19.5. The number of aliphatic hydroxyl groups excluding tert-OH is 1. The standard InChI is InChI=1S/C27H24F3N3O3/c1-16(2)33-21-11-7-6-10-20(21)22(17-8-4-3-5-9-17)31-24(26(33)36)32-25(35)23(34)18-12-14-19(15-13-18)27(28,29)30/h3-16,23-24,34H,1-2H3,(H,32,35). The minimum Gasteiger partial charge on any atom is -0.378 e. The van der Waals surface area contributed by atoms with Crippen molar-refractivity contribution in [2.45, 2.75) is 38.3 Å². The molecule has 0 radical (unpaired) electrons. The van der Waals surface area contributed by atoms with Crippen LogP contribution in [0.4, 0.5) is 18.9 Å². The van der Waals surface area contributed by atoms with Crippen molar-refractivity contribution in [2.24, 2.45) is 4.99 Å². The second-order valence-corrected chi connectivity index (χ2v) is 8.60. The summed E-state index contributed by atoms with van der Waals surface area (Å²) in [6.45, 7) is 3.66. The Kier molecular flexibility index (Phi) is 6.94. The van der Waals surface area contributed by atoms with Gasteiger partial charge in [-0.25, -0.2) is 4.99 Å². The molecule has 1 aliphatic rings. The number of amides is 2. The minimum atomic E-state index is -4.55. The summed E-state index contributed by atoms with van der Waals surface area (Å²) in [6.07, 6.45) is -7.71. The minimum absolute atomic E-state index is 0.0437. The van der Waals surface area contributed by atoms with Crippen LogP contribution in [0.25, 0.3) is 0 Å². The number of aliphatic hydroxyl groups is 1. The quantitative estimate of drug-likeness (QED) is 0.548. The molecule has 3 aromatic rings. The van der Waals surface area contributed by atoms with Crippen molar-refractivity contribution in [3.63, 3.8) is 0 Å². The molecule has 3 aromatic carbocycles. The van der Waals surface area contributed by atoms with Gasteiger partial charge in [0.15, 0.2) is 6.10 Å². The number of rotatable bonds is 5. The van der Waals surface area contributed by atoms with E-state index >= 15 is 0 Å². The number of halogens is 3. The van der Waals surface area contributed by atoms with E-state index in [0.29, 0.717) is 17.0 Å². The Bertz CT molecular complexity index is 1290. The van der Waals surface area contributed by atoms with Crippen molar-refractivity contribution in [1.82, 2.24) is 5.32 Å². The summed E-state index contributed by atoms with van der Waals surface area (Å²) in [5.74, 6) is -1.46. The molecule has 4 rings (SSSR count). The van der Waals surface area contributed by atoms with Crippen LogP contribution in [0.3, 0.4) is 0 Å². The Morgan fingerprint density at radius 3 is 2.19 bits per heavy atom. The van der Waals surface area contributed by atoms with E-state index in [1.54, 1.807) is 12.1 Å². The SMILES string of the molecule is CC(C)N1C(=O)C(NC(=O)C(O)c2ccc(C(F)(F)F)cc2)N=C(c2ccccc2)c2ccccc21. The number of aliphatic imine (C=N–C) groups is 1. The summed E-state index contributed by atoms with van der Waals surface area (Å²) < 4.78 is 38.6. The Hall–Kier alpha value is -3.98. The van der Waals surface area contributed by atoms with E-state index < -0.39 is 35.8 Å². The van der Waals surface area contributed by atoms with Gasteiger partial charge in [0.1, 0.15) is 0 Å². The molecule has 6 nitrogen and oxygen atoms in total. The lowest BCUT2D eigenvalue weighted by Gasteiger charge is -2.29. The smallest absolute Gasteiger partial charge is 0.378 e. The zero-order chi connectivity index (χ0) is 26.0. The first-order valence-electron chi connectivity index (χ1n) is 11.3. The fourth-order valence-corrected chi connectivity index (χ4v) is 4.06. The lowest BCUT2D eigenvalue weighted by molar-refractivity contribution is -0.137. The average Bonchev–Trinajstić information content (AvgIpc) is 2.98. The molecule has 0 bridgehead atoms. The van der Waals surface area contributed by atoms with Crippen LogP contribution in [-0.2, 0) is 15.8 Å². The number of anilines is 1. The highest BCUT2D eigenvalue weighted by Gasteiger charge is 2.36. The average molecular weight is 496 g/mol. The predicted octanol–water partition coefficient (Wildman–Crippen LogP) is 4.47. The Morgan fingerprint density at radius 2 is 1.58 bits per heavy atom. The fraction of sp³-hybridized carbons (Fsp3) is 0.222. The molecule has 2 N–H and O–H groups in total. The van der Waals surface area contributed by atoms with Crippen molar-refractivity contribution >= 4 is 23.2 Å². The topological polar surface area (TPSA) is 82.0 Å². The highest BCUT2D eigenvalue weighted by Crippen LogP contribution is 2.31. The van der Waals surface area contributed by atoms with Crippen LogP contribution in [0.5, 0.6) is 0 Å². The summed E-state index contributed by atoms with van der Waals surface area (Å²) >= 11 is 0. The van der Waals surface area contributed by atoms with E-state index in [1.807, 2.05) is 56.3 Å². The van der Waals surface area contributed by atoms with Crippen molar-refractivity contribution in [3.05, 3.63) is 101 Å². The molecule has 0 spiro atoms. The molecule has 2 amide bonds. The van der Waals surface area contributed by atoms with Gasteiger partial charge in [-0.05, 0) is 37.6 Å². The van der Waals surface area contributed by atoms with E-state index in [1.165, 1.54) is 4.90 Å². The van der Waals surface area contributed by atoms with Crippen LogP contribution in [0.1, 0.15) is 42.2 Å². The van der Waals surface area contributed by atoms with Gasteiger partial charge in [-0.1, -0.05) is 60.7 Å². The van der Waals surface area contributed by atoms with Crippen LogP contribution in [0.15, 0.2) is 83.9 Å². The van der Waals surface area contributed by atoms with Gasteiger partial charge in [0.25, 0.3) is 11.8 Å². The van der Waals surface area contributed by atoms with Gasteiger partial charge < -0.3 is 15.3 Å². The van der Waals surface area contributed by atoms with Crippen molar-refractivity contribution in [3.8, 4) is 0 Å². The Morgan fingerprint density at radius 1 is 0.972 bits per heavy atom. The number of benzodiazepines with no additional fused rings is 1. The van der Waals surface area contributed by atoms with Crippen molar-refractivity contribution in [2.75, 3.05) is 4.90 Å². The number of para-hydroxylation sites is 1. The van der Waals surface area contributed by atoms with E-state index in [2.05, 4.69) is 10.3 Å². The molecule has 1 aliphatic heterocycles. The molecule has 0 aliphatic carbocycles. The summed E-state index contributed by atoms with van der Waals surface area (Å²) in [7, 11) is 0. The number of alkyl halides is 3. The van der Waals surface area contributed by atoms with Crippen LogP contribution in [0.2, 0.25) is 0 Å². The highest BCUT2D eigenvalue weighted by atomic mass is 19.4. The van der Waals surface area contributed by atoms with Crippen LogP contribution < -0.4 is 10.2 Å². The highest BCUT2D eigenvalue weighted by molar-refractivity contribution is 6.20. The third kappa shape index (κ3) is 5.01. The first-order valence-corrected chi connectivity index (χ1v) is 11.3. The Labute approximate surface area is 206 Å². The number of benzene rings is 3. The van der Waals surface area contributed by atoms with Crippen LogP contribution in [0, 0.1) is 0 Å². The fourth-order valence-electron chi connectivity index (χ4n) is 4.06. The van der Waals surface area contributed by atoms with Gasteiger partial charge in [0.05, 0.1) is 17.0 Å². The molecular weight excluding hydrogens is 471 g/mol. The normalized spacial score (nSPS) is 16.8. The second-order valence-electron chi connectivity index (χ2n) is 8.60. The number of carbonyl (C=O) groups excluding carboxylic acids is 2. The molecule has 36 heavy (non-hydrogen) atoms. The number of carbonyl (C=O) groups is 2. The van der Waals surface area contributed by atoms with Gasteiger partial charge in [-0.3, -0.25) is 9.59 Å². The third-order valence-electron chi connectivity index (χ3n) is 5.79. The molecule has 0 fully saturated rings. The van der Waals surface area contributed by atoms with Crippen LogP contribution in [-0.4, -0.2) is 34.8 Å². The molecule has 0 saturated heterocycles. The Balaban J connectivity index is 1.70. The van der Waals surface area contributed by atoms with Crippen molar-refractivity contribution < 1.29 is 27.9 Å². The van der Waals surface area contributed by atoms with Gasteiger partial charge in [-0.15, -0.1) is 0 Å². The molecule has 0 saturated carbocycles. The molecule has 0 aromatic heterocycles. The second kappa shape index (κ2) is 9.94. The summed E-state index contributed by atoms with van der Waals surface area (Å²) in [6, 6.07) is 19.8. The first kappa shape index (κ1) is 25.1. The van der Waals surface area contributed by atoms with E-state index in [9.17, 15) is 27.9 Å². The first-order chi connectivity index (χ1) is 17.1. The van der Waals surface area contributed by atoms with Crippen molar-refractivity contribution in [1.29, 1.82) is 0 Å². The third-order valence-corrected chi connectivity index (χ3v) is 5.79. The van der Waals surface area contributed by atoms with E-state index in [0.717, 1.165) is 29.8 Å². The maximum absolute atomic E-state index is 13.6. The zero-order valence-electron chi connectivity index (χ0n) is 19.5. The summed E-state index contributed by atoms with van der Waals surface area (Å²) in [5.41, 5.74) is 1.59. The molecule has 2 unspecified atom stereocenters. The molecule has 2 atom stereocenters. The van der Waals surface area contributed by atoms with Crippen LogP contribution >= 0.6 is 0 Å². The monoisotopic (exact) mass is 495 g/mol. The lowest BCUT2D eigenvalue weighted by atomic mass is 10.00. The predicted molar refractivity (Wildman–Crippen MR) is 129 cm³/mol. The molecule has 9 heteroatoms. The lowest BCUT2D eigenvalue weighted by Crippen LogP contribution is -2.50. The molecular formula is C27H24F3N3O3. The van der Waals surface area contributed by atoms with Gasteiger partial charge in [0, 0.05) is 17.2 Å². The molecule has 1 heterocycles. The number of nitrogens with one attached hydrogen (secondary N) is 1. The number of nitrogens with zero attached hydrogens (tertiary/aromatic N) is 2. The number of hydrogen-bond acceptors (Lipinski definition) is 4. The van der Waals surface area contributed by atoms with E-state index in [4.69, 9.17) is 0 Å². The number of hydrogen-bond donors (Lipinski definition) is 2. The number of fused-ring (bicyclic) bond motifs is 1. The maximum atomic E-state index is 13.6.